The van der Waals surface area contributed by atoms with Gasteiger partial charge in [0, 0.05) is 12.7 Å². The summed E-state index contributed by atoms with van der Waals surface area (Å²) >= 11 is 0. The van der Waals surface area contributed by atoms with Gasteiger partial charge in [0.2, 0.25) is 5.91 Å². The summed E-state index contributed by atoms with van der Waals surface area (Å²) in [6.07, 6.45) is 7.17. The molecule has 0 spiro atoms. The molecule has 2 aromatic rings. The van der Waals surface area contributed by atoms with Gasteiger partial charge in [-0.25, -0.2) is 9.97 Å². The van der Waals surface area contributed by atoms with Crippen LogP contribution in [0.3, 0.4) is 0 Å². The van der Waals surface area contributed by atoms with Gasteiger partial charge in [-0.2, -0.15) is 0 Å². The van der Waals surface area contributed by atoms with E-state index in [0.717, 1.165) is 31.0 Å². The number of aromatic nitrogens is 2. The van der Waals surface area contributed by atoms with Gasteiger partial charge in [0.25, 0.3) is 0 Å². The van der Waals surface area contributed by atoms with Crippen molar-refractivity contribution < 1.29 is 13.9 Å². The average molecular weight is 328 g/mol. The molecule has 7 nitrogen and oxygen atoms in total. The molecule has 2 fully saturated rings. The second kappa shape index (κ2) is 6.60. The summed E-state index contributed by atoms with van der Waals surface area (Å²) in [5.41, 5.74) is 0. The Balaban J connectivity index is 1.34. The van der Waals surface area contributed by atoms with Crippen LogP contribution in [0.1, 0.15) is 25.0 Å². The molecule has 0 aromatic carbocycles. The molecular weight excluding hydrogens is 308 g/mol. The Bertz CT molecular complexity index is 676. The highest BCUT2D eigenvalue weighted by molar-refractivity contribution is 5.80. The molecule has 4 rings (SSSR count). The van der Waals surface area contributed by atoms with Gasteiger partial charge in [-0.05, 0) is 37.5 Å². The Kier molecular flexibility index (Phi) is 4.17. The van der Waals surface area contributed by atoms with Gasteiger partial charge < -0.3 is 19.4 Å². The molecule has 7 heteroatoms. The van der Waals surface area contributed by atoms with E-state index < -0.39 is 0 Å². The standard InChI is InChI=1S/C17H20N4O3/c22-17(19-10-12-2-1-9-23-12)15-4-3-13-14(24-15)6-8-21(13)16-5-7-18-11-20-16/h1-2,5,7,9,11,13-15H,3-4,6,8,10H2,(H,19,22)/t13-,14-,15-/m0/s1. The molecule has 2 aromatic heterocycles. The number of rotatable bonds is 4. The Morgan fingerprint density at radius 2 is 2.29 bits per heavy atom. The zero-order valence-electron chi connectivity index (χ0n) is 13.3. The number of nitrogens with one attached hydrogen (secondary N) is 1. The molecule has 1 N–H and O–H groups in total. The highest BCUT2D eigenvalue weighted by Crippen LogP contribution is 2.33. The third kappa shape index (κ3) is 2.99. The van der Waals surface area contributed by atoms with E-state index in [-0.39, 0.29) is 24.2 Å². The van der Waals surface area contributed by atoms with Crippen LogP contribution >= 0.6 is 0 Å². The van der Waals surface area contributed by atoms with E-state index >= 15 is 0 Å². The highest BCUT2D eigenvalue weighted by atomic mass is 16.5. The van der Waals surface area contributed by atoms with Gasteiger partial charge in [0.05, 0.1) is 25.0 Å². The maximum atomic E-state index is 12.3. The Labute approximate surface area is 140 Å². The maximum Gasteiger partial charge on any atom is 0.249 e. The quantitative estimate of drug-likeness (QED) is 0.916. The molecule has 126 valence electrons. The summed E-state index contributed by atoms with van der Waals surface area (Å²) in [5, 5.41) is 2.89. The van der Waals surface area contributed by atoms with E-state index in [1.165, 1.54) is 0 Å². The Morgan fingerprint density at radius 1 is 1.33 bits per heavy atom. The molecule has 0 bridgehead atoms. The van der Waals surface area contributed by atoms with Crippen LogP contribution < -0.4 is 10.2 Å². The first kappa shape index (κ1) is 15.1. The van der Waals surface area contributed by atoms with Crippen LogP contribution in [0.15, 0.2) is 41.4 Å². The van der Waals surface area contributed by atoms with Crippen molar-refractivity contribution in [1.29, 1.82) is 0 Å². The van der Waals surface area contributed by atoms with Crippen molar-refractivity contribution in [2.75, 3.05) is 11.4 Å². The molecule has 2 aliphatic heterocycles. The molecule has 1 amide bonds. The summed E-state index contributed by atoms with van der Waals surface area (Å²) in [6, 6.07) is 5.86. The van der Waals surface area contributed by atoms with Crippen LogP contribution in [0, 0.1) is 0 Å². The molecule has 0 aliphatic carbocycles. The monoisotopic (exact) mass is 328 g/mol. The fraction of sp³-hybridized carbons (Fsp3) is 0.471. The minimum atomic E-state index is -0.383. The lowest BCUT2D eigenvalue weighted by molar-refractivity contribution is -0.141. The molecular formula is C17H20N4O3. The zero-order valence-corrected chi connectivity index (χ0v) is 13.3. The molecule has 2 aliphatic rings. The van der Waals surface area contributed by atoms with Crippen molar-refractivity contribution in [2.45, 2.75) is 44.1 Å². The van der Waals surface area contributed by atoms with Gasteiger partial charge in [0.1, 0.15) is 24.0 Å². The van der Waals surface area contributed by atoms with Gasteiger partial charge in [-0.3, -0.25) is 4.79 Å². The molecule has 3 atom stereocenters. The third-order valence-electron chi connectivity index (χ3n) is 4.72. The Hall–Kier alpha value is -2.41. The number of amides is 1. The van der Waals surface area contributed by atoms with Crippen molar-refractivity contribution in [1.82, 2.24) is 15.3 Å². The lowest BCUT2D eigenvalue weighted by atomic mass is 9.98. The third-order valence-corrected chi connectivity index (χ3v) is 4.72. The van der Waals surface area contributed by atoms with Crippen molar-refractivity contribution in [3.8, 4) is 0 Å². The number of furan rings is 1. The van der Waals surface area contributed by atoms with Crippen molar-refractivity contribution in [3.05, 3.63) is 42.7 Å². The topological polar surface area (TPSA) is 80.5 Å². The number of carbonyl (C=O) groups excluding carboxylic acids is 1. The summed E-state index contributed by atoms with van der Waals surface area (Å²) in [4.78, 5) is 22.9. The van der Waals surface area contributed by atoms with Gasteiger partial charge >= 0.3 is 0 Å². The normalized spacial score (nSPS) is 26.2. The molecule has 2 saturated heterocycles. The van der Waals surface area contributed by atoms with Gasteiger partial charge in [0.15, 0.2) is 0 Å². The second-order valence-electron chi connectivity index (χ2n) is 6.15. The molecule has 4 heterocycles. The summed E-state index contributed by atoms with van der Waals surface area (Å²) in [6.45, 7) is 1.29. The fourth-order valence-electron chi connectivity index (χ4n) is 3.56. The number of ether oxygens (including phenoxy) is 1. The van der Waals surface area contributed by atoms with Crippen LogP contribution in [0.4, 0.5) is 5.82 Å². The van der Waals surface area contributed by atoms with Crippen LogP contribution in [-0.2, 0) is 16.1 Å². The average Bonchev–Trinajstić information content (AvgIpc) is 3.29. The van der Waals surface area contributed by atoms with E-state index in [4.69, 9.17) is 9.15 Å². The van der Waals surface area contributed by atoms with Gasteiger partial charge in [-0.1, -0.05) is 0 Å². The zero-order chi connectivity index (χ0) is 16.4. The number of hydrogen-bond acceptors (Lipinski definition) is 6. The van der Waals surface area contributed by atoms with E-state index in [0.29, 0.717) is 13.0 Å². The van der Waals surface area contributed by atoms with Crippen molar-refractivity contribution >= 4 is 11.7 Å². The maximum absolute atomic E-state index is 12.3. The predicted molar refractivity (Wildman–Crippen MR) is 86.2 cm³/mol. The smallest absolute Gasteiger partial charge is 0.249 e. The van der Waals surface area contributed by atoms with E-state index in [1.807, 2.05) is 18.2 Å². The first-order chi connectivity index (χ1) is 11.8. The van der Waals surface area contributed by atoms with Crippen LogP contribution in [0.5, 0.6) is 0 Å². The molecule has 24 heavy (non-hydrogen) atoms. The fourth-order valence-corrected chi connectivity index (χ4v) is 3.56. The molecule has 0 radical (unpaired) electrons. The van der Waals surface area contributed by atoms with E-state index in [9.17, 15) is 4.79 Å². The Morgan fingerprint density at radius 3 is 3.08 bits per heavy atom. The highest BCUT2D eigenvalue weighted by Gasteiger charge is 2.42. The van der Waals surface area contributed by atoms with Crippen LogP contribution in [0.25, 0.3) is 0 Å². The first-order valence-corrected chi connectivity index (χ1v) is 8.29. The second-order valence-corrected chi connectivity index (χ2v) is 6.15. The van der Waals surface area contributed by atoms with E-state index in [2.05, 4.69) is 20.2 Å². The summed E-state index contributed by atoms with van der Waals surface area (Å²) in [5.74, 6) is 1.61. The largest absolute Gasteiger partial charge is 0.467 e. The number of nitrogens with zero attached hydrogens (tertiary/aromatic N) is 3. The lowest BCUT2D eigenvalue weighted by Gasteiger charge is -2.35. The number of hydrogen-bond donors (Lipinski definition) is 1. The number of anilines is 1. The molecule has 0 saturated carbocycles. The number of carbonyl (C=O) groups is 1. The first-order valence-electron chi connectivity index (χ1n) is 8.29. The molecule has 0 unspecified atom stereocenters. The lowest BCUT2D eigenvalue weighted by Crippen LogP contribution is -2.47. The minimum Gasteiger partial charge on any atom is -0.467 e. The van der Waals surface area contributed by atoms with Crippen molar-refractivity contribution in [2.24, 2.45) is 0 Å². The SMILES string of the molecule is O=C(NCc1ccco1)[C@@H]1CC[C@H]2[C@H](CCN2c2ccncn2)O1. The van der Waals surface area contributed by atoms with Gasteiger partial charge in [-0.15, -0.1) is 0 Å². The summed E-state index contributed by atoms with van der Waals surface area (Å²) < 4.78 is 11.3. The van der Waals surface area contributed by atoms with Crippen LogP contribution in [-0.4, -0.2) is 40.7 Å². The number of fused-ring (bicyclic) bond motifs is 1. The van der Waals surface area contributed by atoms with Crippen LogP contribution in [0.2, 0.25) is 0 Å². The van der Waals surface area contributed by atoms with Crippen molar-refractivity contribution in [3.63, 3.8) is 0 Å². The minimum absolute atomic E-state index is 0.0645. The van der Waals surface area contributed by atoms with E-state index in [1.54, 1.807) is 18.8 Å². The predicted octanol–water partition coefficient (Wildman–Crippen LogP) is 1.51. The summed E-state index contributed by atoms with van der Waals surface area (Å²) in [7, 11) is 0.